The normalized spacial score (nSPS) is 20.7. The van der Waals surface area contributed by atoms with Crippen LogP contribution >= 0.6 is 11.8 Å². The first-order chi connectivity index (χ1) is 7.25. The number of anilines is 1. The van der Waals surface area contributed by atoms with Crippen LogP contribution in [0.1, 0.15) is 18.4 Å². The highest BCUT2D eigenvalue weighted by atomic mass is 32.2. The van der Waals surface area contributed by atoms with Crippen LogP contribution in [0.25, 0.3) is 0 Å². The van der Waals surface area contributed by atoms with Gasteiger partial charge in [-0.2, -0.15) is 0 Å². The summed E-state index contributed by atoms with van der Waals surface area (Å²) in [5, 5.41) is 3.51. The van der Waals surface area contributed by atoms with Crippen molar-refractivity contribution in [3.8, 4) is 0 Å². The Morgan fingerprint density at radius 2 is 2.40 bits per heavy atom. The molecular formula is C12H18N2S. The molecule has 1 aromatic carbocycles. The molecule has 1 aliphatic heterocycles. The molecule has 82 valence electrons. The van der Waals surface area contributed by atoms with Crippen molar-refractivity contribution in [3.63, 3.8) is 0 Å². The largest absolute Gasteiger partial charge is 0.399 e. The van der Waals surface area contributed by atoms with E-state index in [0.29, 0.717) is 6.04 Å². The molecule has 1 fully saturated rings. The fraction of sp³-hybridized carbons (Fsp3) is 0.500. The molecule has 0 amide bonds. The molecule has 1 heterocycles. The van der Waals surface area contributed by atoms with Gasteiger partial charge in [0.15, 0.2) is 0 Å². The molecule has 1 aromatic rings. The number of rotatable bonds is 3. The minimum atomic E-state index is 0.691. The zero-order chi connectivity index (χ0) is 10.7. The quantitative estimate of drug-likeness (QED) is 0.609. The van der Waals surface area contributed by atoms with Crippen molar-refractivity contribution in [2.24, 2.45) is 0 Å². The predicted molar refractivity (Wildman–Crippen MR) is 67.3 cm³/mol. The van der Waals surface area contributed by atoms with E-state index >= 15 is 0 Å². The van der Waals surface area contributed by atoms with E-state index in [1.807, 2.05) is 17.8 Å². The molecule has 2 nitrogen and oxygen atoms in total. The maximum Gasteiger partial charge on any atom is 0.0325 e. The summed E-state index contributed by atoms with van der Waals surface area (Å²) in [6.45, 7) is 3.32. The average Bonchev–Trinajstić information content (AvgIpc) is 2.72. The molecule has 1 aliphatic rings. The predicted octanol–water partition coefficient (Wildman–Crippen LogP) is 2.42. The SMILES string of the molecule is Cc1ccc(N)cc1SC[C@@H]1CCCN1. The van der Waals surface area contributed by atoms with E-state index in [1.54, 1.807) is 0 Å². The minimum Gasteiger partial charge on any atom is -0.399 e. The number of hydrogen-bond acceptors (Lipinski definition) is 3. The lowest BCUT2D eigenvalue weighted by molar-refractivity contribution is 0.674. The summed E-state index contributed by atoms with van der Waals surface area (Å²) in [4.78, 5) is 1.32. The molecule has 0 radical (unpaired) electrons. The summed E-state index contributed by atoms with van der Waals surface area (Å²) in [6.07, 6.45) is 2.63. The van der Waals surface area contributed by atoms with Crippen molar-refractivity contribution >= 4 is 17.4 Å². The van der Waals surface area contributed by atoms with Gasteiger partial charge in [0.05, 0.1) is 0 Å². The van der Waals surface area contributed by atoms with Gasteiger partial charge >= 0.3 is 0 Å². The van der Waals surface area contributed by atoms with Gasteiger partial charge < -0.3 is 11.1 Å². The zero-order valence-corrected chi connectivity index (χ0v) is 9.94. The Labute approximate surface area is 95.6 Å². The van der Waals surface area contributed by atoms with Crippen LogP contribution in [0.15, 0.2) is 23.1 Å². The van der Waals surface area contributed by atoms with E-state index in [1.165, 1.54) is 29.8 Å². The molecular weight excluding hydrogens is 204 g/mol. The summed E-state index contributed by atoms with van der Waals surface area (Å²) < 4.78 is 0. The van der Waals surface area contributed by atoms with Crippen molar-refractivity contribution in [1.29, 1.82) is 0 Å². The second-order valence-electron chi connectivity index (χ2n) is 4.13. The fourth-order valence-electron chi connectivity index (χ4n) is 1.86. The van der Waals surface area contributed by atoms with Gasteiger partial charge in [-0.25, -0.2) is 0 Å². The van der Waals surface area contributed by atoms with Crippen LogP contribution in [0.2, 0.25) is 0 Å². The van der Waals surface area contributed by atoms with Gasteiger partial charge in [0.1, 0.15) is 0 Å². The van der Waals surface area contributed by atoms with Gasteiger partial charge in [-0.05, 0) is 44.0 Å². The van der Waals surface area contributed by atoms with Gasteiger partial charge in [0.25, 0.3) is 0 Å². The zero-order valence-electron chi connectivity index (χ0n) is 9.12. The van der Waals surface area contributed by atoms with E-state index in [2.05, 4.69) is 24.4 Å². The van der Waals surface area contributed by atoms with Crippen molar-refractivity contribution < 1.29 is 0 Å². The van der Waals surface area contributed by atoms with Crippen LogP contribution in [0, 0.1) is 6.92 Å². The van der Waals surface area contributed by atoms with E-state index in [4.69, 9.17) is 5.73 Å². The highest BCUT2D eigenvalue weighted by Gasteiger charge is 2.14. The molecule has 3 N–H and O–H groups in total. The van der Waals surface area contributed by atoms with Crippen molar-refractivity contribution in [1.82, 2.24) is 5.32 Å². The summed E-state index contributed by atoms with van der Waals surface area (Å²) in [5.74, 6) is 1.16. The van der Waals surface area contributed by atoms with Crippen LogP contribution in [-0.2, 0) is 0 Å². The van der Waals surface area contributed by atoms with E-state index in [-0.39, 0.29) is 0 Å². The number of thioether (sulfide) groups is 1. The molecule has 15 heavy (non-hydrogen) atoms. The Morgan fingerprint density at radius 1 is 1.53 bits per heavy atom. The average molecular weight is 222 g/mol. The Hall–Kier alpha value is -0.670. The molecule has 0 spiro atoms. The lowest BCUT2D eigenvalue weighted by atomic mass is 10.2. The molecule has 0 bridgehead atoms. The topological polar surface area (TPSA) is 38.0 Å². The molecule has 1 saturated heterocycles. The maximum absolute atomic E-state index is 5.78. The van der Waals surface area contributed by atoms with Gasteiger partial charge in [-0.3, -0.25) is 0 Å². The summed E-state index contributed by atoms with van der Waals surface area (Å²) >= 11 is 1.92. The molecule has 0 unspecified atom stereocenters. The van der Waals surface area contributed by atoms with Crippen LogP contribution in [0.4, 0.5) is 5.69 Å². The molecule has 1 atom stereocenters. The first kappa shape index (κ1) is 10.8. The van der Waals surface area contributed by atoms with Crippen LogP contribution in [0.5, 0.6) is 0 Å². The Bertz CT molecular complexity index is 332. The smallest absolute Gasteiger partial charge is 0.0325 e. The third-order valence-corrected chi connectivity index (χ3v) is 4.13. The van der Waals surface area contributed by atoms with Crippen molar-refractivity contribution in [2.75, 3.05) is 18.0 Å². The van der Waals surface area contributed by atoms with E-state index in [0.717, 1.165) is 11.4 Å². The summed E-state index contributed by atoms with van der Waals surface area (Å²) in [6, 6.07) is 6.83. The number of aryl methyl sites for hydroxylation is 1. The van der Waals surface area contributed by atoms with Crippen LogP contribution in [-0.4, -0.2) is 18.3 Å². The maximum atomic E-state index is 5.78. The highest BCUT2D eigenvalue weighted by molar-refractivity contribution is 7.99. The highest BCUT2D eigenvalue weighted by Crippen LogP contribution is 2.26. The second-order valence-corrected chi connectivity index (χ2v) is 5.19. The number of nitrogen functional groups attached to an aromatic ring is 1. The standard InChI is InChI=1S/C12H18N2S/c1-9-4-5-10(13)7-12(9)15-8-11-3-2-6-14-11/h4-5,7,11,14H,2-3,6,8,13H2,1H3/t11-/m0/s1. The fourth-order valence-corrected chi connectivity index (χ4v) is 3.04. The van der Waals surface area contributed by atoms with Gasteiger partial charge in [-0.15, -0.1) is 11.8 Å². The lowest BCUT2D eigenvalue weighted by Crippen LogP contribution is -2.23. The van der Waals surface area contributed by atoms with Crippen molar-refractivity contribution in [2.45, 2.75) is 30.7 Å². The Balaban J connectivity index is 1.94. The van der Waals surface area contributed by atoms with Crippen LogP contribution < -0.4 is 11.1 Å². The van der Waals surface area contributed by atoms with Gasteiger partial charge in [0, 0.05) is 22.4 Å². The third kappa shape index (κ3) is 2.89. The summed E-state index contributed by atoms with van der Waals surface area (Å²) in [5.41, 5.74) is 7.97. The molecule has 0 aliphatic carbocycles. The second kappa shape index (κ2) is 4.90. The van der Waals surface area contributed by atoms with Crippen molar-refractivity contribution in [3.05, 3.63) is 23.8 Å². The van der Waals surface area contributed by atoms with Crippen LogP contribution in [0.3, 0.4) is 0 Å². The van der Waals surface area contributed by atoms with Gasteiger partial charge in [0.2, 0.25) is 0 Å². The first-order valence-corrected chi connectivity index (χ1v) is 6.46. The number of nitrogens with two attached hydrogens (primary N) is 1. The lowest BCUT2D eigenvalue weighted by Gasteiger charge is -2.11. The third-order valence-electron chi connectivity index (χ3n) is 2.81. The number of nitrogens with one attached hydrogen (secondary N) is 1. The minimum absolute atomic E-state index is 0.691. The first-order valence-electron chi connectivity index (χ1n) is 5.48. The molecule has 3 heteroatoms. The molecule has 0 saturated carbocycles. The Morgan fingerprint density at radius 3 is 3.13 bits per heavy atom. The number of hydrogen-bond donors (Lipinski definition) is 2. The monoisotopic (exact) mass is 222 g/mol. The summed E-state index contributed by atoms with van der Waals surface area (Å²) in [7, 11) is 0. The Kier molecular flexibility index (Phi) is 3.54. The van der Waals surface area contributed by atoms with Gasteiger partial charge in [-0.1, -0.05) is 6.07 Å². The number of benzene rings is 1. The van der Waals surface area contributed by atoms with E-state index < -0.39 is 0 Å². The van der Waals surface area contributed by atoms with E-state index in [9.17, 15) is 0 Å². The molecule has 2 rings (SSSR count). The molecule has 0 aromatic heterocycles.